The molecule has 6 bridgehead atoms. The van der Waals surface area contributed by atoms with Gasteiger partial charge in [0.1, 0.15) is 0 Å². The zero-order chi connectivity index (χ0) is 14.0. The maximum Gasteiger partial charge on any atom is 0.0548 e. The third kappa shape index (κ3) is 2.30. The van der Waals surface area contributed by atoms with Crippen molar-refractivity contribution in [2.24, 2.45) is 40.9 Å². The molecule has 6 aliphatic carbocycles. The largest absolute Gasteiger partial charge is 0.393 e. The molecule has 6 fully saturated rings. The Kier molecular flexibility index (Phi) is 3.02. The van der Waals surface area contributed by atoms with E-state index in [1.165, 1.54) is 64.2 Å². The van der Waals surface area contributed by atoms with Crippen LogP contribution in [0.1, 0.15) is 77.0 Å². The Balaban J connectivity index is 1.23. The second kappa shape index (κ2) is 4.73. The summed E-state index contributed by atoms with van der Waals surface area (Å²) in [5, 5.41) is 10.8. The molecule has 0 radical (unpaired) electrons. The summed E-state index contributed by atoms with van der Waals surface area (Å²) < 4.78 is 0. The highest BCUT2D eigenvalue weighted by molar-refractivity contribution is 5.02. The van der Waals surface area contributed by atoms with Crippen LogP contribution in [0.4, 0.5) is 0 Å². The van der Waals surface area contributed by atoms with E-state index in [0.717, 1.165) is 48.3 Å². The molecule has 0 aromatic heterocycles. The van der Waals surface area contributed by atoms with E-state index in [9.17, 15) is 5.11 Å². The van der Waals surface area contributed by atoms with Crippen LogP contribution in [-0.2, 0) is 0 Å². The SMILES string of the molecule is OC(CC1CC2CCC1C2)CC12CC3CC(CC(C3)C1)C2. The maximum absolute atomic E-state index is 10.8. The maximum atomic E-state index is 10.8. The molecule has 0 spiro atoms. The highest BCUT2D eigenvalue weighted by Gasteiger charge is 2.51. The van der Waals surface area contributed by atoms with Gasteiger partial charge in [-0.3, -0.25) is 0 Å². The van der Waals surface area contributed by atoms with Gasteiger partial charge in [0.05, 0.1) is 6.10 Å². The second-order valence-electron chi connectivity index (χ2n) is 9.95. The molecule has 118 valence electrons. The molecular formula is C20H32O. The summed E-state index contributed by atoms with van der Waals surface area (Å²) in [7, 11) is 0. The minimum absolute atomic E-state index is 0.0191. The third-order valence-electron chi connectivity index (χ3n) is 8.29. The summed E-state index contributed by atoms with van der Waals surface area (Å²) in [5.74, 6) is 6.00. The number of rotatable bonds is 4. The van der Waals surface area contributed by atoms with E-state index in [-0.39, 0.29) is 6.10 Å². The van der Waals surface area contributed by atoms with E-state index in [0.29, 0.717) is 5.41 Å². The van der Waals surface area contributed by atoms with E-state index < -0.39 is 0 Å². The zero-order valence-electron chi connectivity index (χ0n) is 13.5. The second-order valence-corrected chi connectivity index (χ2v) is 9.95. The van der Waals surface area contributed by atoms with Gasteiger partial charge in [-0.05, 0) is 112 Å². The van der Waals surface area contributed by atoms with Crippen molar-refractivity contribution in [2.75, 3.05) is 0 Å². The van der Waals surface area contributed by atoms with Crippen molar-refractivity contribution in [3.63, 3.8) is 0 Å². The van der Waals surface area contributed by atoms with E-state index in [2.05, 4.69) is 0 Å². The monoisotopic (exact) mass is 288 g/mol. The summed E-state index contributed by atoms with van der Waals surface area (Å²) in [4.78, 5) is 0. The average molecular weight is 288 g/mol. The Morgan fingerprint density at radius 2 is 1.48 bits per heavy atom. The lowest BCUT2D eigenvalue weighted by Crippen LogP contribution is -2.47. The van der Waals surface area contributed by atoms with Gasteiger partial charge >= 0.3 is 0 Å². The smallest absolute Gasteiger partial charge is 0.0548 e. The fourth-order valence-electron chi connectivity index (χ4n) is 8.14. The Morgan fingerprint density at radius 1 is 0.810 bits per heavy atom. The molecule has 1 nitrogen and oxygen atoms in total. The highest BCUT2D eigenvalue weighted by Crippen LogP contribution is 2.62. The van der Waals surface area contributed by atoms with Crippen LogP contribution in [0.15, 0.2) is 0 Å². The molecule has 4 atom stereocenters. The standard InChI is InChI=1S/C20H32O/c21-19(8-18-7-13-1-2-17(18)6-13)12-20-9-14-3-15(10-20)5-16(4-14)11-20/h13-19,21H,1-12H2. The number of aliphatic hydroxyl groups excluding tert-OH is 1. The minimum atomic E-state index is 0.0191. The quantitative estimate of drug-likeness (QED) is 0.789. The molecule has 0 aromatic rings. The highest BCUT2D eigenvalue weighted by atomic mass is 16.3. The normalized spacial score (nSPS) is 55.3. The summed E-state index contributed by atoms with van der Waals surface area (Å²) >= 11 is 0. The fraction of sp³-hybridized carbons (Fsp3) is 1.00. The average Bonchev–Trinajstić information content (AvgIpc) is 2.98. The van der Waals surface area contributed by atoms with Crippen molar-refractivity contribution in [3.8, 4) is 0 Å². The van der Waals surface area contributed by atoms with Crippen molar-refractivity contribution >= 4 is 0 Å². The lowest BCUT2D eigenvalue weighted by Gasteiger charge is -2.57. The van der Waals surface area contributed by atoms with Crippen molar-refractivity contribution in [3.05, 3.63) is 0 Å². The van der Waals surface area contributed by atoms with Gasteiger partial charge < -0.3 is 5.11 Å². The van der Waals surface area contributed by atoms with Gasteiger partial charge in [0.2, 0.25) is 0 Å². The molecule has 4 unspecified atom stereocenters. The van der Waals surface area contributed by atoms with Crippen LogP contribution in [0, 0.1) is 40.9 Å². The van der Waals surface area contributed by atoms with Crippen molar-refractivity contribution < 1.29 is 5.11 Å². The first kappa shape index (κ1) is 13.4. The van der Waals surface area contributed by atoms with Crippen LogP contribution < -0.4 is 0 Å². The molecular weight excluding hydrogens is 256 g/mol. The van der Waals surface area contributed by atoms with E-state index in [1.54, 1.807) is 0 Å². The number of aliphatic hydroxyl groups is 1. The van der Waals surface area contributed by atoms with Crippen LogP contribution in [0.25, 0.3) is 0 Å². The van der Waals surface area contributed by atoms with Gasteiger partial charge in [-0.1, -0.05) is 6.42 Å². The predicted octanol–water partition coefficient (Wildman–Crippen LogP) is 4.78. The van der Waals surface area contributed by atoms with E-state index in [4.69, 9.17) is 0 Å². The number of hydrogen-bond acceptors (Lipinski definition) is 1. The molecule has 21 heavy (non-hydrogen) atoms. The van der Waals surface area contributed by atoms with E-state index in [1.807, 2.05) is 0 Å². The van der Waals surface area contributed by atoms with Gasteiger partial charge in [-0.25, -0.2) is 0 Å². The third-order valence-corrected chi connectivity index (χ3v) is 8.29. The van der Waals surface area contributed by atoms with Gasteiger partial charge in [-0.2, -0.15) is 0 Å². The van der Waals surface area contributed by atoms with Crippen LogP contribution in [0.5, 0.6) is 0 Å². The Morgan fingerprint density at radius 3 is 2.00 bits per heavy atom. The molecule has 6 aliphatic rings. The number of fused-ring (bicyclic) bond motifs is 2. The van der Waals surface area contributed by atoms with Gasteiger partial charge in [-0.15, -0.1) is 0 Å². The topological polar surface area (TPSA) is 20.2 Å². The fourth-order valence-corrected chi connectivity index (χ4v) is 8.14. The van der Waals surface area contributed by atoms with Gasteiger partial charge in [0, 0.05) is 0 Å². The molecule has 1 heteroatoms. The van der Waals surface area contributed by atoms with E-state index >= 15 is 0 Å². The van der Waals surface area contributed by atoms with Crippen LogP contribution in [-0.4, -0.2) is 11.2 Å². The summed E-state index contributed by atoms with van der Waals surface area (Å²) in [6.45, 7) is 0. The molecule has 0 aromatic carbocycles. The minimum Gasteiger partial charge on any atom is -0.393 e. The summed E-state index contributed by atoms with van der Waals surface area (Å²) in [6.07, 6.45) is 17.2. The first-order valence-electron chi connectivity index (χ1n) is 9.85. The molecule has 1 N–H and O–H groups in total. The van der Waals surface area contributed by atoms with Gasteiger partial charge in [0.15, 0.2) is 0 Å². The zero-order valence-corrected chi connectivity index (χ0v) is 13.5. The molecule has 6 saturated carbocycles. The first-order chi connectivity index (χ1) is 10.2. The van der Waals surface area contributed by atoms with Crippen LogP contribution in [0.2, 0.25) is 0 Å². The van der Waals surface area contributed by atoms with Crippen molar-refractivity contribution in [1.82, 2.24) is 0 Å². The Hall–Kier alpha value is -0.0400. The van der Waals surface area contributed by atoms with Crippen LogP contribution in [0.3, 0.4) is 0 Å². The molecule has 0 amide bonds. The van der Waals surface area contributed by atoms with Crippen molar-refractivity contribution in [1.29, 1.82) is 0 Å². The lowest BCUT2D eigenvalue weighted by molar-refractivity contribution is -0.0789. The van der Waals surface area contributed by atoms with Gasteiger partial charge in [0.25, 0.3) is 0 Å². The molecule has 0 heterocycles. The summed E-state index contributed by atoms with van der Waals surface area (Å²) in [6, 6.07) is 0. The molecule has 0 saturated heterocycles. The predicted molar refractivity (Wildman–Crippen MR) is 84.8 cm³/mol. The Labute approximate surface area is 129 Å². The number of hydrogen-bond donors (Lipinski definition) is 1. The molecule has 0 aliphatic heterocycles. The Bertz CT molecular complexity index is 379. The van der Waals surface area contributed by atoms with Crippen LogP contribution >= 0.6 is 0 Å². The van der Waals surface area contributed by atoms with Crippen molar-refractivity contribution in [2.45, 2.75) is 83.2 Å². The molecule has 6 rings (SSSR count). The lowest BCUT2D eigenvalue weighted by atomic mass is 9.48. The first-order valence-corrected chi connectivity index (χ1v) is 9.85. The summed E-state index contributed by atoms with van der Waals surface area (Å²) in [5.41, 5.74) is 0.575.